The zero-order valence-corrected chi connectivity index (χ0v) is 28.8. The Morgan fingerprint density at radius 2 is 1.72 bits per heavy atom. The summed E-state index contributed by atoms with van der Waals surface area (Å²) in [6.07, 6.45) is -0.0588. The van der Waals surface area contributed by atoms with Crippen molar-refractivity contribution in [1.82, 2.24) is 10.6 Å². The molecule has 3 rings (SSSR count). The first-order chi connectivity index (χ1) is 22.3. The lowest BCUT2D eigenvalue weighted by Gasteiger charge is -2.31. The van der Waals surface area contributed by atoms with E-state index in [2.05, 4.69) is 10.6 Å². The molecular formula is C35H44Cl2N2O8. The predicted octanol–water partition coefficient (Wildman–Crippen LogP) is 4.93. The van der Waals surface area contributed by atoms with Gasteiger partial charge in [0.15, 0.2) is 6.10 Å². The fourth-order valence-corrected chi connectivity index (χ4v) is 5.66. The molecule has 1 heterocycles. The minimum absolute atomic E-state index is 0.0201. The van der Waals surface area contributed by atoms with Crippen molar-refractivity contribution in [2.45, 2.75) is 76.7 Å². The highest BCUT2D eigenvalue weighted by atomic mass is 35.5. The maximum atomic E-state index is 13.5. The maximum absolute atomic E-state index is 13.5. The molecule has 7 atom stereocenters. The average Bonchev–Trinajstić information content (AvgIpc) is 3.04. The molecule has 1 aliphatic heterocycles. The number of nitrogens with one attached hydrogen (secondary N) is 2. The van der Waals surface area contributed by atoms with Gasteiger partial charge in [-0.15, -0.1) is 11.6 Å². The molecule has 0 saturated carbocycles. The number of ether oxygens (including phenoxy) is 3. The summed E-state index contributed by atoms with van der Waals surface area (Å²) in [6, 6.07) is 12.9. The number of carbonyl (C=O) groups excluding carboxylic acids is 4. The van der Waals surface area contributed by atoms with E-state index in [1.165, 1.54) is 19.3 Å². The Bertz CT molecular complexity index is 1400. The van der Waals surface area contributed by atoms with Gasteiger partial charge >= 0.3 is 11.9 Å². The molecule has 0 saturated heterocycles. The molecule has 10 nitrogen and oxygen atoms in total. The maximum Gasteiger partial charge on any atom is 0.347 e. The molecule has 1 aliphatic rings. The van der Waals surface area contributed by atoms with Gasteiger partial charge in [-0.2, -0.15) is 0 Å². The van der Waals surface area contributed by atoms with Gasteiger partial charge in [-0.05, 0) is 41.7 Å². The lowest BCUT2D eigenvalue weighted by Crippen LogP contribution is -2.49. The van der Waals surface area contributed by atoms with Gasteiger partial charge in [0.25, 0.3) is 0 Å². The Balaban J connectivity index is 1.92. The summed E-state index contributed by atoms with van der Waals surface area (Å²) in [6.45, 7) is 6.97. The number of benzene rings is 2. The van der Waals surface area contributed by atoms with Crippen molar-refractivity contribution >= 4 is 47.0 Å². The Morgan fingerprint density at radius 3 is 2.36 bits per heavy atom. The van der Waals surface area contributed by atoms with Gasteiger partial charge in [0.05, 0.1) is 29.5 Å². The van der Waals surface area contributed by atoms with Gasteiger partial charge in [0, 0.05) is 25.3 Å². The number of aliphatic hydroxyl groups excluding tert-OH is 1. The van der Waals surface area contributed by atoms with Crippen molar-refractivity contribution in [3.05, 3.63) is 76.8 Å². The number of halogens is 2. The van der Waals surface area contributed by atoms with Crippen molar-refractivity contribution in [2.75, 3.05) is 13.7 Å². The molecule has 0 spiro atoms. The minimum Gasteiger partial charge on any atom is -0.495 e. The van der Waals surface area contributed by atoms with Crippen LogP contribution in [0.3, 0.4) is 0 Å². The lowest BCUT2D eigenvalue weighted by atomic mass is 9.91. The molecule has 12 heteroatoms. The van der Waals surface area contributed by atoms with Crippen LogP contribution in [0.1, 0.15) is 57.8 Å². The normalized spacial score (nSPS) is 24.3. The van der Waals surface area contributed by atoms with Crippen LogP contribution in [0.15, 0.2) is 60.7 Å². The van der Waals surface area contributed by atoms with Crippen molar-refractivity contribution < 1.29 is 38.5 Å². The van der Waals surface area contributed by atoms with Crippen molar-refractivity contribution in [3.63, 3.8) is 0 Å². The molecule has 0 aliphatic carbocycles. The average molecular weight is 692 g/mol. The number of hydrogen-bond donors (Lipinski definition) is 3. The first-order valence-electron chi connectivity index (χ1n) is 15.7. The molecule has 256 valence electrons. The van der Waals surface area contributed by atoms with Crippen LogP contribution < -0.4 is 15.4 Å². The van der Waals surface area contributed by atoms with E-state index in [1.54, 1.807) is 56.3 Å². The van der Waals surface area contributed by atoms with Crippen molar-refractivity contribution in [1.29, 1.82) is 0 Å². The second-order valence-corrected chi connectivity index (χ2v) is 13.1. The second kappa shape index (κ2) is 18.1. The smallest absolute Gasteiger partial charge is 0.347 e. The predicted molar refractivity (Wildman–Crippen MR) is 179 cm³/mol. The highest BCUT2D eigenvalue weighted by molar-refractivity contribution is 6.32. The molecule has 7 unspecified atom stereocenters. The standard InChI is InChI=1S/C35H44Cl2N2O8/c1-20(2)16-29-35(44)46-27(22(4)31(37)32(41)24-10-7-6-8-11-24)12-9-13-30(40)39-26(33(42)38-19-21(3)34(43)47-29)18-23-14-15-28(45-5)25(36)17-23/h6-11,13-15,17,20-22,26-27,29,31-32,41H,12,16,18-19H2,1-5H3,(H,38,42)(H,39,40)/b13-9+. The summed E-state index contributed by atoms with van der Waals surface area (Å²) in [5.41, 5.74) is 1.27. The first kappa shape index (κ1) is 37.9. The van der Waals surface area contributed by atoms with E-state index < -0.39 is 65.3 Å². The molecule has 2 aromatic rings. The van der Waals surface area contributed by atoms with Gasteiger partial charge in [-0.3, -0.25) is 14.4 Å². The Kier molecular flexibility index (Phi) is 14.6. The van der Waals surface area contributed by atoms with Crippen LogP contribution in [0.25, 0.3) is 0 Å². The number of esters is 2. The van der Waals surface area contributed by atoms with Crippen molar-refractivity contribution in [2.24, 2.45) is 17.8 Å². The molecule has 47 heavy (non-hydrogen) atoms. The number of aliphatic hydroxyl groups is 1. The highest BCUT2D eigenvalue weighted by Gasteiger charge is 2.36. The topological polar surface area (TPSA) is 140 Å². The zero-order valence-electron chi connectivity index (χ0n) is 27.3. The molecule has 0 aromatic heterocycles. The van der Waals surface area contributed by atoms with Crippen LogP contribution in [0.5, 0.6) is 5.75 Å². The molecule has 0 bridgehead atoms. The van der Waals surface area contributed by atoms with E-state index in [1.807, 2.05) is 19.9 Å². The molecule has 2 aromatic carbocycles. The lowest BCUT2D eigenvalue weighted by molar-refractivity contribution is -0.176. The number of cyclic esters (lactones) is 2. The van der Waals surface area contributed by atoms with Crippen LogP contribution in [-0.2, 0) is 35.1 Å². The van der Waals surface area contributed by atoms with E-state index >= 15 is 0 Å². The molecule has 0 fully saturated rings. The number of amides is 2. The van der Waals surface area contributed by atoms with Crippen LogP contribution >= 0.6 is 23.2 Å². The third kappa shape index (κ3) is 11.3. The Hall–Kier alpha value is -3.60. The van der Waals surface area contributed by atoms with E-state index in [-0.39, 0.29) is 31.7 Å². The molecule has 2 amide bonds. The minimum atomic E-state index is -1.21. The Labute approximate surface area is 286 Å². The summed E-state index contributed by atoms with van der Waals surface area (Å²) < 4.78 is 16.8. The zero-order chi connectivity index (χ0) is 34.7. The van der Waals surface area contributed by atoms with Gasteiger partial charge in [0.2, 0.25) is 11.8 Å². The van der Waals surface area contributed by atoms with Crippen LogP contribution in [0, 0.1) is 17.8 Å². The Morgan fingerprint density at radius 1 is 1.02 bits per heavy atom. The number of rotatable bonds is 9. The summed E-state index contributed by atoms with van der Waals surface area (Å²) in [5, 5.41) is 15.9. The number of hydrogen-bond acceptors (Lipinski definition) is 8. The number of carbonyl (C=O) groups is 4. The third-order valence-corrected chi connectivity index (χ3v) is 8.85. The monoisotopic (exact) mass is 690 g/mol. The third-order valence-electron chi connectivity index (χ3n) is 7.92. The van der Waals surface area contributed by atoms with Crippen LogP contribution in [0.2, 0.25) is 5.02 Å². The summed E-state index contributed by atoms with van der Waals surface area (Å²) in [7, 11) is 1.49. The summed E-state index contributed by atoms with van der Waals surface area (Å²) in [4.78, 5) is 53.0. The quantitative estimate of drug-likeness (QED) is 0.249. The number of alkyl halides is 1. The fraction of sp³-hybridized carbons (Fsp3) is 0.486. The van der Waals surface area contributed by atoms with Crippen molar-refractivity contribution in [3.8, 4) is 5.75 Å². The van der Waals surface area contributed by atoms with E-state index in [4.69, 9.17) is 37.4 Å². The summed E-state index contributed by atoms with van der Waals surface area (Å²) in [5.74, 6) is -3.51. The van der Waals surface area contributed by atoms with Gasteiger partial charge in [-0.25, -0.2) is 4.79 Å². The molecule has 0 radical (unpaired) electrons. The van der Waals surface area contributed by atoms with Crippen LogP contribution in [0.4, 0.5) is 0 Å². The van der Waals surface area contributed by atoms with Crippen LogP contribution in [-0.4, -0.2) is 66.1 Å². The van der Waals surface area contributed by atoms with E-state index in [0.29, 0.717) is 21.9 Å². The summed E-state index contributed by atoms with van der Waals surface area (Å²) >= 11 is 13.0. The van der Waals surface area contributed by atoms with Gasteiger partial charge in [-0.1, -0.05) is 81.8 Å². The van der Waals surface area contributed by atoms with Gasteiger partial charge < -0.3 is 30.0 Å². The molecular weight excluding hydrogens is 647 g/mol. The second-order valence-electron chi connectivity index (χ2n) is 12.2. The van der Waals surface area contributed by atoms with E-state index in [9.17, 15) is 24.3 Å². The largest absolute Gasteiger partial charge is 0.495 e. The first-order valence-corrected chi connectivity index (χ1v) is 16.5. The molecule has 3 N–H and O–H groups in total. The SMILES string of the molecule is COc1ccc(CC2NC(=O)/C=C/CC(C(C)C(Cl)C(O)c3ccccc3)OC(=O)C(CC(C)C)OC(=O)C(C)CNC2=O)cc1Cl. The van der Waals surface area contributed by atoms with Gasteiger partial charge in [0.1, 0.15) is 17.9 Å². The highest BCUT2D eigenvalue weighted by Crippen LogP contribution is 2.31. The van der Waals surface area contributed by atoms with E-state index in [0.717, 1.165) is 0 Å². The number of methoxy groups -OCH3 is 1. The fourth-order valence-electron chi connectivity index (χ4n) is 5.07.